The second kappa shape index (κ2) is 5.76. The van der Waals surface area contributed by atoms with Crippen LogP contribution in [0.1, 0.15) is 25.8 Å². The van der Waals surface area contributed by atoms with Crippen molar-refractivity contribution in [2.24, 2.45) is 11.7 Å². The summed E-state index contributed by atoms with van der Waals surface area (Å²) in [7, 11) is 0. The highest BCUT2D eigenvalue weighted by Crippen LogP contribution is 2.36. The van der Waals surface area contributed by atoms with Crippen molar-refractivity contribution in [3.8, 4) is 0 Å². The monoisotopic (exact) mass is 264 g/mol. The zero-order chi connectivity index (χ0) is 13.1. The van der Waals surface area contributed by atoms with Crippen molar-refractivity contribution in [2.75, 3.05) is 11.9 Å². The fraction of sp³-hybridized carbons (Fsp3) is 0.500. The Bertz CT molecular complexity index is 447. The molecule has 0 radical (unpaired) electrons. The summed E-state index contributed by atoms with van der Waals surface area (Å²) in [5.74, 6) is 0.644. The third kappa shape index (κ3) is 3.06. The van der Waals surface area contributed by atoms with Gasteiger partial charge in [0, 0.05) is 4.90 Å². The molecule has 1 aliphatic rings. The van der Waals surface area contributed by atoms with Crippen molar-refractivity contribution in [1.29, 1.82) is 0 Å². The number of anilines is 1. The van der Waals surface area contributed by atoms with E-state index in [0.717, 1.165) is 30.0 Å². The topological polar surface area (TPSA) is 55.1 Å². The summed E-state index contributed by atoms with van der Waals surface area (Å²) >= 11 is 1.63. The standard InChI is InChI=1S/C14H20N2OS/c1-9(8-15)3-4-11-5-6-13-12(7-11)16-14(17)10(2)18-13/h5-7,9-10H,3-4,8,15H2,1-2H3,(H,16,17). The number of hydrogen-bond acceptors (Lipinski definition) is 3. The van der Waals surface area contributed by atoms with Gasteiger partial charge >= 0.3 is 0 Å². The smallest absolute Gasteiger partial charge is 0.237 e. The van der Waals surface area contributed by atoms with Gasteiger partial charge in [-0.25, -0.2) is 0 Å². The Morgan fingerprint density at radius 1 is 1.50 bits per heavy atom. The number of rotatable bonds is 4. The number of fused-ring (bicyclic) bond motifs is 1. The quantitative estimate of drug-likeness (QED) is 0.879. The molecule has 1 amide bonds. The molecule has 3 N–H and O–H groups in total. The lowest BCUT2D eigenvalue weighted by Crippen LogP contribution is -2.26. The van der Waals surface area contributed by atoms with Crippen LogP contribution in [0.5, 0.6) is 0 Å². The second-order valence-corrected chi connectivity index (χ2v) is 6.34. The number of hydrogen-bond donors (Lipinski definition) is 2. The Morgan fingerprint density at radius 2 is 2.28 bits per heavy atom. The van der Waals surface area contributed by atoms with Crippen LogP contribution in [0.15, 0.2) is 23.1 Å². The van der Waals surface area contributed by atoms with E-state index in [2.05, 4.69) is 30.4 Å². The summed E-state index contributed by atoms with van der Waals surface area (Å²) in [6.45, 7) is 4.83. The Labute approximate surface area is 113 Å². The van der Waals surface area contributed by atoms with Gasteiger partial charge in [0.2, 0.25) is 5.91 Å². The van der Waals surface area contributed by atoms with Crippen molar-refractivity contribution in [2.45, 2.75) is 36.8 Å². The predicted octanol–water partition coefficient (Wildman–Crippen LogP) is 2.65. The third-order valence-corrected chi connectivity index (χ3v) is 4.48. The van der Waals surface area contributed by atoms with E-state index in [1.54, 1.807) is 11.8 Å². The Kier molecular flexibility index (Phi) is 4.30. The van der Waals surface area contributed by atoms with E-state index in [0.29, 0.717) is 5.92 Å². The number of aryl methyl sites for hydroxylation is 1. The highest BCUT2D eigenvalue weighted by molar-refractivity contribution is 8.00. The van der Waals surface area contributed by atoms with Gasteiger partial charge in [-0.1, -0.05) is 13.0 Å². The van der Waals surface area contributed by atoms with E-state index < -0.39 is 0 Å². The molecule has 0 bridgehead atoms. The molecule has 1 heterocycles. The molecule has 1 aromatic carbocycles. The van der Waals surface area contributed by atoms with Crippen molar-refractivity contribution < 1.29 is 4.79 Å². The molecule has 3 nitrogen and oxygen atoms in total. The lowest BCUT2D eigenvalue weighted by molar-refractivity contribution is -0.115. The van der Waals surface area contributed by atoms with Gasteiger partial charge in [-0.05, 0) is 49.9 Å². The minimum Gasteiger partial charge on any atom is -0.330 e. The predicted molar refractivity (Wildman–Crippen MR) is 76.9 cm³/mol. The summed E-state index contributed by atoms with van der Waals surface area (Å²) in [6.07, 6.45) is 2.11. The van der Waals surface area contributed by atoms with Crippen LogP contribution in [-0.4, -0.2) is 17.7 Å². The minimum absolute atomic E-state index is 0.000567. The first-order chi connectivity index (χ1) is 8.60. The molecular formula is C14H20N2OS. The molecule has 0 saturated heterocycles. The minimum atomic E-state index is 0.000567. The average molecular weight is 264 g/mol. The molecule has 2 rings (SSSR count). The first-order valence-corrected chi connectivity index (χ1v) is 7.28. The van der Waals surface area contributed by atoms with E-state index >= 15 is 0 Å². The Balaban J connectivity index is 2.08. The maximum absolute atomic E-state index is 11.6. The SMILES string of the molecule is CC(CN)CCc1ccc2c(c1)NC(=O)C(C)S2. The second-order valence-electron chi connectivity index (χ2n) is 4.96. The number of amides is 1. The number of carbonyl (C=O) groups excluding carboxylic acids is 1. The van der Waals surface area contributed by atoms with Crippen LogP contribution < -0.4 is 11.1 Å². The molecule has 0 spiro atoms. The summed E-state index contributed by atoms with van der Waals surface area (Å²) in [5.41, 5.74) is 7.85. The molecule has 1 aliphatic heterocycles. The molecule has 0 fully saturated rings. The molecular weight excluding hydrogens is 244 g/mol. The molecule has 0 aromatic heterocycles. The van der Waals surface area contributed by atoms with Crippen molar-refractivity contribution in [3.63, 3.8) is 0 Å². The summed E-state index contributed by atoms with van der Waals surface area (Å²) in [4.78, 5) is 12.8. The summed E-state index contributed by atoms with van der Waals surface area (Å²) < 4.78 is 0. The van der Waals surface area contributed by atoms with E-state index in [9.17, 15) is 4.79 Å². The maximum atomic E-state index is 11.6. The average Bonchev–Trinajstić information content (AvgIpc) is 2.37. The first-order valence-electron chi connectivity index (χ1n) is 6.40. The van der Waals surface area contributed by atoms with Crippen LogP contribution in [0.2, 0.25) is 0 Å². The van der Waals surface area contributed by atoms with Crippen LogP contribution in [0.25, 0.3) is 0 Å². The molecule has 98 valence electrons. The fourth-order valence-electron chi connectivity index (χ4n) is 1.94. The maximum Gasteiger partial charge on any atom is 0.237 e. The van der Waals surface area contributed by atoms with E-state index in [1.165, 1.54) is 5.56 Å². The normalized spacial score (nSPS) is 20.2. The van der Waals surface area contributed by atoms with Gasteiger partial charge in [-0.15, -0.1) is 11.8 Å². The lowest BCUT2D eigenvalue weighted by atomic mass is 10.0. The van der Waals surface area contributed by atoms with Crippen molar-refractivity contribution >= 4 is 23.4 Å². The fourth-order valence-corrected chi connectivity index (χ4v) is 2.87. The van der Waals surface area contributed by atoms with Gasteiger partial charge in [0.15, 0.2) is 0 Å². The third-order valence-electron chi connectivity index (χ3n) is 3.30. The zero-order valence-corrected chi connectivity index (χ0v) is 11.7. The molecule has 0 aliphatic carbocycles. The van der Waals surface area contributed by atoms with Gasteiger partial charge < -0.3 is 11.1 Å². The molecule has 18 heavy (non-hydrogen) atoms. The molecule has 0 saturated carbocycles. The molecule has 2 unspecified atom stereocenters. The van der Waals surface area contributed by atoms with Crippen LogP contribution in [-0.2, 0) is 11.2 Å². The zero-order valence-electron chi connectivity index (χ0n) is 10.9. The number of benzene rings is 1. The van der Waals surface area contributed by atoms with Crippen LogP contribution in [0.3, 0.4) is 0 Å². The van der Waals surface area contributed by atoms with E-state index in [-0.39, 0.29) is 11.2 Å². The van der Waals surface area contributed by atoms with Crippen LogP contribution in [0, 0.1) is 5.92 Å². The van der Waals surface area contributed by atoms with Crippen LogP contribution >= 0.6 is 11.8 Å². The number of carbonyl (C=O) groups is 1. The van der Waals surface area contributed by atoms with E-state index in [4.69, 9.17) is 5.73 Å². The Morgan fingerprint density at radius 3 is 3.00 bits per heavy atom. The number of nitrogens with one attached hydrogen (secondary N) is 1. The van der Waals surface area contributed by atoms with Gasteiger partial charge in [0.25, 0.3) is 0 Å². The Hall–Kier alpha value is -1.000. The van der Waals surface area contributed by atoms with Crippen molar-refractivity contribution in [3.05, 3.63) is 23.8 Å². The molecule has 4 heteroatoms. The number of thioether (sulfide) groups is 1. The van der Waals surface area contributed by atoms with E-state index in [1.807, 2.05) is 6.92 Å². The van der Waals surface area contributed by atoms with Crippen molar-refractivity contribution in [1.82, 2.24) is 0 Å². The highest BCUT2D eigenvalue weighted by Gasteiger charge is 2.22. The van der Waals surface area contributed by atoms with Gasteiger partial charge in [0.05, 0.1) is 10.9 Å². The first kappa shape index (κ1) is 13.4. The van der Waals surface area contributed by atoms with Crippen LogP contribution in [0.4, 0.5) is 5.69 Å². The highest BCUT2D eigenvalue weighted by atomic mass is 32.2. The van der Waals surface area contributed by atoms with Gasteiger partial charge in [0.1, 0.15) is 0 Å². The lowest BCUT2D eigenvalue weighted by Gasteiger charge is -2.22. The summed E-state index contributed by atoms with van der Waals surface area (Å²) in [5, 5.41) is 2.97. The summed E-state index contributed by atoms with van der Waals surface area (Å²) in [6, 6.07) is 6.35. The van der Waals surface area contributed by atoms with Gasteiger partial charge in [-0.2, -0.15) is 0 Å². The van der Waals surface area contributed by atoms with Gasteiger partial charge in [-0.3, -0.25) is 4.79 Å². The molecule has 1 aromatic rings. The largest absolute Gasteiger partial charge is 0.330 e. The molecule has 2 atom stereocenters. The number of nitrogens with two attached hydrogens (primary N) is 1.